The molecule has 2 aromatic carbocycles. The third-order valence-corrected chi connectivity index (χ3v) is 7.69. The summed E-state index contributed by atoms with van der Waals surface area (Å²) in [5.74, 6) is -0.274. The zero-order valence-corrected chi connectivity index (χ0v) is 21.8. The molecule has 0 bridgehead atoms. The zero-order chi connectivity index (χ0) is 23.8. The highest BCUT2D eigenvalue weighted by molar-refractivity contribution is 9.10. The Morgan fingerprint density at radius 2 is 1.94 bits per heavy atom. The number of thioether (sulfide) groups is 1. The molecule has 1 atom stereocenters. The molecule has 0 aliphatic heterocycles. The fourth-order valence-electron chi connectivity index (χ4n) is 3.98. The molecule has 0 aromatic heterocycles. The Kier molecular flexibility index (Phi) is 10.1. The third kappa shape index (κ3) is 7.72. The van der Waals surface area contributed by atoms with Crippen molar-refractivity contribution in [3.05, 3.63) is 68.9 Å². The second-order valence-electron chi connectivity index (χ2n) is 8.36. The summed E-state index contributed by atoms with van der Waals surface area (Å²) in [4.78, 5) is 27.8. The molecule has 2 amide bonds. The third-order valence-electron chi connectivity index (χ3n) is 5.89. The largest absolute Gasteiger partial charge is 0.352 e. The van der Waals surface area contributed by atoms with Crippen molar-refractivity contribution in [2.45, 2.75) is 63.4 Å². The molecule has 1 unspecified atom stereocenters. The molecule has 1 aliphatic carbocycles. The van der Waals surface area contributed by atoms with E-state index in [4.69, 9.17) is 11.6 Å². The minimum absolute atomic E-state index is 0.125. The summed E-state index contributed by atoms with van der Waals surface area (Å²) in [6, 6.07) is 11.8. The monoisotopic (exact) mass is 554 g/mol. The molecule has 8 heteroatoms. The van der Waals surface area contributed by atoms with Crippen molar-refractivity contribution in [1.29, 1.82) is 0 Å². The first-order valence-electron chi connectivity index (χ1n) is 11.2. The van der Waals surface area contributed by atoms with Crippen LogP contribution >= 0.6 is 39.3 Å². The molecule has 0 radical (unpaired) electrons. The van der Waals surface area contributed by atoms with Crippen LogP contribution in [0.4, 0.5) is 4.39 Å². The van der Waals surface area contributed by atoms with Crippen LogP contribution in [0.15, 0.2) is 46.9 Å². The van der Waals surface area contributed by atoms with Crippen molar-refractivity contribution >= 4 is 51.1 Å². The van der Waals surface area contributed by atoms with Crippen molar-refractivity contribution < 1.29 is 14.0 Å². The van der Waals surface area contributed by atoms with Crippen molar-refractivity contribution in [3.63, 3.8) is 0 Å². The smallest absolute Gasteiger partial charge is 0.242 e. The molecule has 178 valence electrons. The van der Waals surface area contributed by atoms with E-state index >= 15 is 0 Å². The molecule has 1 N–H and O–H groups in total. The number of nitrogens with zero attached hydrogens (tertiary/aromatic N) is 1. The van der Waals surface area contributed by atoms with Gasteiger partial charge in [-0.15, -0.1) is 11.8 Å². The molecular formula is C25H29BrClFN2O2S. The lowest BCUT2D eigenvalue weighted by Gasteiger charge is -2.31. The molecular weight excluding hydrogens is 527 g/mol. The molecule has 3 rings (SSSR count). The summed E-state index contributed by atoms with van der Waals surface area (Å²) < 4.78 is 15.0. The molecule has 1 aliphatic rings. The van der Waals surface area contributed by atoms with Crippen LogP contribution in [0.2, 0.25) is 5.02 Å². The maximum absolute atomic E-state index is 14.1. The normalized spacial score (nSPS) is 15.2. The van der Waals surface area contributed by atoms with Gasteiger partial charge in [0.1, 0.15) is 11.9 Å². The first kappa shape index (κ1) is 26.0. The van der Waals surface area contributed by atoms with Crippen LogP contribution in [0, 0.1) is 5.82 Å². The Hall–Kier alpha value is -1.57. The highest BCUT2D eigenvalue weighted by Crippen LogP contribution is 2.25. The fraction of sp³-hybridized carbons (Fsp3) is 0.440. The number of rotatable bonds is 9. The molecule has 1 fully saturated rings. The van der Waals surface area contributed by atoms with E-state index in [1.165, 1.54) is 24.2 Å². The molecule has 0 saturated heterocycles. The second kappa shape index (κ2) is 12.8. The average Bonchev–Trinajstić information content (AvgIpc) is 2.79. The Labute approximate surface area is 212 Å². The first-order chi connectivity index (χ1) is 15.8. The quantitative estimate of drug-likeness (QED) is 0.393. The van der Waals surface area contributed by atoms with Crippen LogP contribution < -0.4 is 5.32 Å². The van der Waals surface area contributed by atoms with Crippen molar-refractivity contribution in [2.75, 3.05) is 5.75 Å². The summed E-state index contributed by atoms with van der Waals surface area (Å²) >= 11 is 10.9. The maximum atomic E-state index is 14.1. The maximum Gasteiger partial charge on any atom is 0.242 e. The lowest BCUT2D eigenvalue weighted by atomic mass is 9.95. The van der Waals surface area contributed by atoms with Crippen LogP contribution in [0.5, 0.6) is 0 Å². The Morgan fingerprint density at radius 1 is 1.21 bits per heavy atom. The SMILES string of the molecule is CC(C(=O)NC1CCCCC1)N(Cc1cccc(Br)c1)C(=O)CSCc1c(F)cccc1Cl. The van der Waals surface area contributed by atoms with E-state index in [1.54, 1.807) is 24.0 Å². The lowest BCUT2D eigenvalue weighted by Crippen LogP contribution is -2.50. The van der Waals surface area contributed by atoms with Gasteiger partial charge in [0, 0.05) is 33.4 Å². The number of carbonyl (C=O) groups is 2. The van der Waals surface area contributed by atoms with Gasteiger partial charge < -0.3 is 10.2 Å². The van der Waals surface area contributed by atoms with Gasteiger partial charge in [-0.3, -0.25) is 9.59 Å². The molecule has 2 aromatic rings. The van der Waals surface area contributed by atoms with Crippen LogP contribution in [-0.4, -0.2) is 34.6 Å². The van der Waals surface area contributed by atoms with Gasteiger partial charge in [-0.2, -0.15) is 0 Å². The summed E-state index contributed by atoms with van der Waals surface area (Å²) in [6.45, 7) is 2.09. The van der Waals surface area contributed by atoms with Crippen molar-refractivity contribution in [3.8, 4) is 0 Å². The topological polar surface area (TPSA) is 49.4 Å². The highest BCUT2D eigenvalue weighted by Gasteiger charge is 2.28. The Bertz CT molecular complexity index is 951. The van der Waals surface area contributed by atoms with Gasteiger partial charge in [-0.25, -0.2) is 4.39 Å². The highest BCUT2D eigenvalue weighted by atomic mass is 79.9. The summed E-state index contributed by atoms with van der Waals surface area (Å²) in [5.41, 5.74) is 1.32. The first-order valence-corrected chi connectivity index (χ1v) is 13.5. The van der Waals surface area contributed by atoms with Gasteiger partial charge in [-0.05, 0) is 49.6 Å². The number of hydrogen-bond donors (Lipinski definition) is 1. The minimum Gasteiger partial charge on any atom is -0.352 e. The van der Waals surface area contributed by atoms with Gasteiger partial charge in [0.2, 0.25) is 11.8 Å². The van der Waals surface area contributed by atoms with Crippen molar-refractivity contribution in [1.82, 2.24) is 10.2 Å². The van der Waals surface area contributed by atoms with Gasteiger partial charge in [0.05, 0.1) is 5.75 Å². The Balaban J connectivity index is 1.68. The fourth-order valence-corrected chi connectivity index (χ4v) is 5.67. The zero-order valence-electron chi connectivity index (χ0n) is 18.7. The molecule has 0 heterocycles. The molecule has 0 spiro atoms. The summed E-state index contributed by atoms with van der Waals surface area (Å²) in [5, 5.41) is 3.48. The number of amides is 2. The van der Waals surface area contributed by atoms with E-state index in [0.29, 0.717) is 17.1 Å². The van der Waals surface area contributed by atoms with Crippen molar-refractivity contribution in [2.24, 2.45) is 0 Å². The van der Waals surface area contributed by atoms with E-state index in [-0.39, 0.29) is 35.2 Å². The number of benzene rings is 2. The van der Waals surface area contributed by atoms with E-state index in [9.17, 15) is 14.0 Å². The Morgan fingerprint density at radius 3 is 2.64 bits per heavy atom. The average molecular weight is 556 g/mol. The van der Waals surface area contributed by atoms with E-state index in [2.05, 4.69) is 21.2 Å². The predicted molar refractivity (Wildman–Crippen MR) is 137 cm³/mol. The number of nitrogens with one attached hydrogen (secondary N) is 1. The predicted octanol–water partition coefficient (Wildman–Crippen LogP) is 6.34. The molecule has 4 nitrogen and oxygen atoms in total. The molecule has 1 saturated carbocycles. The summed E-state index contributed by atoms with van der Waals surface area (Å²) in [7, 11) is 0. The van der Waals surface area contributed by atoms with Crippen LogP contribution in [-0.2, 0) is 21.9 Å². The number of halogens is 3. The van der Waals surface area contributed by atoms with Crippen LogP contribution in [0.3, 0.4) is 0 Å². The number of hydrogen-bond acceptors (Lipinski definition) is 3. The van der Waals surface area contributed by atoms with Gasteiger partial charge in [-0.1, -0.05) is 65.0 Å². The van der Waals surface area contributed by atoms with E-state index in [0.717, 1.165) is 35.7 Å². The van der Waals surface area contributed by atoms with Gasteiger partial charge >= 0.3 is 0 Å². The van der Waals surface area contributed by atoms with Gasteiger partial charge in [0.15, 0.2) is 0 Å². The minimum atomic E-state index is -0.615. The van der Waals surface area contributed by atoms with Crippen LogP contribution in [0.25, 0.3) is 0 Å². The lowest BCUT2D eigenvalue weighted by molar-refractivity contribution is -0.139. The number of carbonyl (C=O) groups excluding carboxylic acids is 2. The van der Waals surface area contributed by atoms with E-state index < -0.39 is 6.04 Å². The standard InChI is InChI=1S/C25H29BrClFN2O2S/c1-17(25(32)29-20-9-3-2-4-10-20)30(14-18-7-5-8-19(26)13-18)24(31)16-33-15-21-22(27)11-6-12-23(21)28/h5-8,11-13,17,20H,2-4,9-10,14-16H2,1H3,(H,29,32). The molecule has 33 heavy (non-hydrogen) atoms. The van der Waals surface area contributed by atoms with Gasteiger partial charge in [0.25, 0.3) is 0 Å². The summed E-state index contributed by atoms with van der Waals surface area (Å²) in [6.07, 6.45) is 5.41. The van der Waals surface area contributed by atoms with Crippen LogP contribution in [0.1, 0.15) is 50.2 Å². The van der Waals surface area contributed by atoms with E-state index in [1.807, 2.05) is 24.3 Å². The second-order valence-corrected chi connectivity index (χ2v) is 10.7.